The largest absolute Gasteiger partial charge is 0.409 e. The number of benzene rings is 1. The molecule has 0 aromatic heterocycles. The first-order valence-electron chi connectivity index (χ1n) is 6.58. The molecule has 1 aromatic carbocycles. The van der Waals surface area contributed by atoms with Crippen LogP contribution in [-0.2, 0) is 11.3 Å². The second-order valence-corrected chi connectivity index (χ2v) is 4.21. The molecule has 19 heavy (non-hydrogen) atoms. The maximum Gasteiger partial charge on any atom is 0.170 e. The normalized spacial score (nSPS) is 12.1. The highest BCUT2D eigenvalue weighted by atomic mass is 16.5. The van der Waals surface area contributed by atoms with Crippen LogP contribution in [0.3, 0.4) is 0 Å². The molecule has 0 saturated heterocycles. The van der Waals surface area contributed by atoms with Crippen LogP contribution in [0.4, 0.5) is 0 Å². The Morgan fingerprint density at radius 3 is 2.74 bits per heavy atom. The minimum absolute atomic E-state index is 0.150. The molecule has 3 N–H and O–H groups in total. The van der Waals surface area contributed by atoms with Crippen LogP contribution in [0.1, 0.15) is 25.0 Å². The highest BCUT2D eigenvalue weighted by Crippen LogP contribution is 2.11. The lowest BCUT2D eigenvalue weighted by Gasteiger charge is -2.21. The van der Waals surface area contributed by atoms with E-state index in [-0.39, 0.29) is 5.84 Å². The Morgan fingerprint density at radius 1 is 1.37 bits per heavy atom. The van der Waals surface area contributed by atoms with Crippen LogP contribution in [-0.4, -0.2) is 42.2 Å². The Labute approximate surface area is 114 Å². The number of hydrogen-bond donors (Lipinski definition) is 2. The molecule has 1 rings (SSSR count). The Kier molecular flexibility index (Phi) is 6.92. The standard InChI is InChI=1S/C14H23N3O2/c1-3-17(9-10-19-4-2)11-12-7-5-6-8-13(12)14(15)16-18/h5-8,18H,3-4,9-11H2,1-2H3,(H2,15,16). The minimum atomic E-state index is 0.150. The minimum Gasteiger partial charge on any atom is -0.409 e. The van der Waals surface area contributed by atoms with E-state index < -0.39 is 0 Å². The summed E-state index contributed by atoms with van der Waals surface area (Å²) >= 11 is 0. The smallest absolute Gasteiger partial charge is 0.170 e. The third-order valence-electron chi connectivity index (χ3n) is 3.00. The van der Waals surface area contributed by atoms with Crippen molar-refractivity contribution in [2.75, 3.05) is 26.3 Å². The van der Waals surface area contributed by atoms with Crippen molar-refractivity contribution in [3.8, 4) is 0 Å². The van der Waals surface area contributed by atoms with Crippen LogP contribution < -0.4 is 5.73 Å². The summed E-state index contributed by atoms with van der Waals surface area (Å²) in [5.41, 5.74) is 7.52. The predicted octanol–water partition coefficient (Wildman–Crippen LogP) is 1.64. The Hall–Kier alpha value is -1.59. The van der Waals surface area contributed by atoms with Gasteiger partial charge in [0.1, 0.15) is 0 Å². The van der Waals surface area contributed by atoms with Gasteiger partial charge in [-0.2, -0.15) is 0 Å². The molecule has 1 aromatic rings. The van der Waals surface area contributed by atoms with Gasteiger partial charge in [0.05, 0.1) is 6.61 Å². The lowest BCUT2D eigenvalue weighted by Crippen LogP contribution is -2.28. The molecule has 0 bridgehead atoms. The molecule has 106 valence electrons. The van der Waals surface area contributed by atoms with Gasteiger partial charge in [-0.25, -0.2) is 0 Å². The molecule has 0 aliphatic heterocycles. The molecular formula is C14H23N3O2. The van der Waals surface area contributed by atoms with Crippen molar-refractivity contribution < 1.29 is 9.94 Å². The van der Waals surface area contributed by atoms with Crippen LogP contribution >= 0.6 is 0 Å². The summed E-state index contributed by atoms with van der Waals surface area (Å²) in [6.07, 6.45) is 0. The van der Waals surface area contributed by atoms with Crippen molar-refractivity contribution in [3.05, 3.63) is 35.4 Å². The number of likely N-dealkylation sites (N-methyl/N-ethyl adjacent to an activating group) is 1. The van der Waals surface area contributed by atoms with Crippen molar-refractivity contribution in [3.63, 3.8) is 0 Å². The quantitative estimate of drug-likeness (QED) is 0.246. The first-order valence-corrected chi connectivity index (χ1v) is 6.58. The second kappa shape index (κ2) is 8.50. The Balaban J connectivity index is 2.74. The zero-order valence-electron chi connectivity index (χ0n) is 11.7. The fourth-order valence-electron chi connectivity index (χ4n) is 1.89. The highest BCUT2D eigenvalue weighted by molar-refractivity contribution is 5.98. The van der Waals surface area contributed by atoms with Crippen molar-refractivity contribution >= 4 is 5.84 Å². The fourth-order valence-corrected chi connectivity index (χ4v) is 1.89. The van der Waals surface area contributed by atoms with Gasteiger partial charge >= 0.3 is 0 Å². The summed E-state index contributed by atoms with van der Waals surface area (Å²) in [7, 11) is 0. The van der Waals surface area contributed by atoms with Gasteiger partial charge in [-0.1, -0.05) is 36.3 Å². The van der Waals surface area contributed by atoms with Crippen molar-refractivity contribution in [2.45, 2.75) is 20.4 Å². The molecule has 0 heterocycles. The third kappa shape index (κ3) is 4.89. The van der Waals surface area contributed by atoms with Crippen molar-refractivity contribution in [2.24, 2.45) is 10.9 Å². The second-order valence-electron chi connectivity index (χ2n) is 4.21. The summed E-state index contributed by atoms with van der Waals surface area (Å²) in [5.74, 6) is 0.150. The zero-order valence-corrected chi connectivity index (χ0v) is 11.7. The number of nitrogens with zero attached hydrogens (tertiary/aromatic N) is 2. The Morgan fingerprint density at radius 2 is 2.11 bits per heavy atom. The lowest BCUT2D eigenvalue weighted by molar-refractivity contribution is 0.113. The SMILES string of the molecule is CCOCCN(CC)Cc1ccccc1/C(N)=N/O. The van der Waals surface area contributed by atoms with E-state index in [4.69, 9.17) is 15.7 Å². The zero-order chi connectivity index (χ0) is 14.1. The van der Waals surface area contributed by atoms with Gasteiger partial charge in [-0.15, -0.1) is 0 Å². The summed E-state index contributed by atoms with van der Waals surface area (Å²) in [6, 6.07) is 7.70. The molecule has 0 unspecified atom stereocenters. The van der Waals surface area contributed by atoms with Gasteiger partial charge in [0.15, 0.2) is 5.84 Å². The molecule has 0 atom stereocenters. The topological polar surface area (TPSA) is 71.1 Å². The van der Waals surface area contributed by atoms with Crippen LogP contribution in [0, 0.1) is 0 Å². The van der Waals surface area contributed by atoms with Crippen LogP contribution in [0.5, 0.6) is 0 Å². The first kappa shape index (κ1) is 15.5. The first-order chi connectivity index (χ1) is 9.22. The van der Waals surface area contributed by atoms with Gasteiger partial charge in [0, 0.05) is 25.3 Å². The molecule has 0 radical (unpaired) electrons. The highest BCUT2D eigenvalue weighted by Gasteiger charge is 2.10. The summed E-state index contributed by atoms with van der Waals surface area (Å²) in [4.78, 5) is 2.26. The molecule has 0 aliphatic carbocycles. The number of ether oxygens (including phenoxy) is 1. The number of nitrogens with two attached hydrogens (primary N) is 1. The molecule has 5 nitrogen and oxygen atoms in total. The van der Waals surface area contributed by atoms with E-state index in [0.29, 0.717) is 0 Å². The molecule has 5 heteroatoms. The van der Waals surface area contributed by atoms with E-state index in [9.17, 15) is 0 Å². The summed E-state index contributed by atoms with van der Waals surface area (Å²) in [6.45, 7) is 8.11. The van der Waals surface area contributed by atoms with E-state index in [1.165, 1.54) is 0 Å². The molecule has 0 saturated carbocycles. The van der Waals surface area contributed by atoms with Crippen molar-refractivity contribution in [1.29, 1.82) is 0 Å². The summed E-state index contributed by atoms with van der Waals surface area (Å²) in [5, 5.41) is 11.9. The average Bonchev–Trinajstić information content (AvgIpc) is 2.46. The molecule has 0 amide bonds. The van der Waals surface area contributed by atoms with E-state index in [2.05, 4.69) is 17.0 Å². The number of amidine groups is 1. The third-order valence-corrected chi connectivity index (χ3v) is 3.00. The van der Waals surface area contributed by atoms with E-state index >= 15 is 0 Å². The number of oxime groups is 1. The maximum atomic E-state index is 8.81. The van der Waals surface area contributed by atoms with Gasteiger partial charge in [-0.05, 0) is 19.0 Å². The number of rotatable bonds is 8. The maximum absolute atomic E-state index is 8.81. The van der Waals surface area contributed by atoms with Crippen molar-refractivity contribution in [1.82, 2.24) is 4.90 Å². The van der Waals surface area contributed by atoms with Crippen LogP contribution in [0.15, 0.2) is 29.4 Å². The molecule has 0 spiro atoms. The van der Waals surface area contributed by atoms with Gasteiger partial charge in [-0.3, -0.25) is 4.90 Å². The monoisotopic (exact) mass is 265 g/mol. The molecular weight excluding hydrogens is 242 g/mol. The van der Waals surface area contributed by atoms with Crippen LogP contribution in [0.2, 0.25) is 0 Å². The van der Waals surface area contributed by atoms with E-state index in [1.807, 2.05) is 31.2 Å². The predicted molar refractivity (Wildman–Crippen MR) is 76.4 cm³/mol. The van der Waals surface area contributed by atoms with Gasteiger partial charge < -0.3 is 15.7 Å². The lowest BCUT2D eigenvalue weighted by atomic mass is 10.1. The fraction of sp³-hybridized carbons (Fsp3) is 0.500. The van der Waals surface area contributed by atoms with Gasteiger partial charge in [0.2, 0.25) is 0 Å². The van der Waals surface area contributed by atoms with Gasteiger partial charge in [0.25, 0.3) is 0 Å². The van der Waals surface area contributed by atoms with Crippen LogP contribution in [0.25, 0.3) is 0 Å². The number of hydrogen-bond acceptors (Lipinski definition) is 4. The summed E-state index contributed by atoms with van der Waals surface area (Å²) < 4.78 is 5.37. The molecule has 0 aliphatic rings. The Bertz CT molecular complexity index is 407. The van der Waals surface area contributed by atoms with E-state index in [1.54, 1.807) is 0 Å². The average molecular weight is 265 g/mol. The van der Waals surface area contributed by atoms with E-state index in [0.717, 1.165) is 44.0 Å². The molecule has 0 fully saturated rings.